The van der Waals surface area contributed by atoms with Crippen LogP contribution in [0.2, 0.25) is 0 Å². The van der Waals surface area contributed by atoms with E-state index in [0.717, 1.165) is 12.1 Å². The Morgan fingerprint density at radius 1 is 1.09 bits per heavy atom. The molecule has 0 aliphatic carbocycles. The Morgan fingerprint density at radius 3 is 2.39 bits per heavy atom. The van der Waals surface area contributed by atoms with Crippen molar-refractivity contribution in [2.75, 3.05) is 19.0 Å². The molecule has 0 spiro atoms. The predicted molar refractivity (Wildman–Crippen MR) is 80.3 cm³/mol. The summed E-state index contributed by atoms with van der Waals surface area (Å²) in [6, 6.07) is 9.03. The average Bonchev–Trinajstić information content (AvgIpc) is 2.54. The summed E-state index contributed by atoms with van der Waals surface area (Å²) < 4.78 is 31.1. The molecule has 0 heterocycles. The molecule has 2 amide bonds. The van der Waals surface area contributed by atoms with Gasteiger partial charge in [-0.1, -0.05) is 0 Å². The zero-order valence-electron chi connectivity index (χ0n) is 12.2. The molecule has 0 aliphatic heterocycles. The van der Waals surface area contributed by atoms with Gasteiger partial charge in [-0.15, -0.1) is 0 Å². The zero-order chi connectivity index (χ0) is 16.8. The van der Waals surface area contributed by atoms with E-state index in [1.807, 2.05) is 0 Å². The van der Waals surface area contributed by atoms with Crippen molar-refractivity contribution in [3.8, 4) is 5.75 Å². The van der Waals surface area contributed by atoms with Crippen LogP contribution in [0, 0.1) is 11.6 Å². The molecule has 0 radical (unpaired) electrons. The lowest BCUT2D eigenvalue weighted by molar-refractivity contribution is -0.118. The van der Waals surface area contributed by atoms with Crippen molar-refractivity contribution in [3.05, 3.63) is 59.7 Å². The van der Waals surface area contributed by atoms with Gasteiger partial charge < -0.3 is 15.4 Å². The van der Waals surface area contributed by atoms with Gasteiger partial charge in [-0.25, -0.2) is 8.78 Å². The second-order valence-electron chi connectivity index (χ2n) is 4.57. The molecule has 2 aromatic rings. The smallest absolute Gasteiger partial charge is 0.262 e. The summed E-state index contributed by atoms with van der Waals surface area (Å²) in [5, 5.41) is 5.02. The molecule has 0 unspecified atom stereocenters. The van der Waals surface area contributed by atoms with Gasteiger partial charge in [0.05, 0.1) is 0 Å². The summed E-state index contributed by atoms with van der Waals surface area (Å²) in [6.45, 7) is -0.431. The highest BCUT2D eigenvalue weighted by Crippen LogP contribution is 2.17. The second kappa shape index (κ2) is 7.35. The van der Waals surface area contributed by atoms with Gasteiger partial charge in [0.1, 0.15) is 5.82 Å². The van der Waals surface area contributed by atoms with Crippen LogP contribution in [0.1, 0.15) is 10.4 Å². The van der Waals surface area contributed by atoms with E-state index in [1.165, 1.54) is 7.05 Å². The van der Waals surface area contributed by atoms with E-state index in [0.29, 0.717) is 17.3 Å². The normalized spacial score (nSPS) is 10.0. The van der Waals surface area contributed by atoms with Gasteiger partial charge >= 0.3 is 0 Å². The molecule has 0 bridgehead atoms. The number of benzene rings is 2. The largest absolute Gasteiger partial charge is 0.481 e. The standard InChI is InChI=1S/C16H14F2N2O3/c1-19-16(22)10-2-5-12(6-3-10)20-15(21)9-23-14-7-4-11(17)8-13(14)18/h2-8H,9H2,1H3,(H,19,22)(H,20,21). The fourth-order valence-corrected chi connectivity index (χ4v) is 1.78. The van der Waals surface area contributed by atoms with E-state index >= 15 is 0 Å². The molecular formula is C16H14F2N2O3. The Kier molecular flexibility index (Phi) is 5.24. The number of amides is 2. The van der Waals surface area contributed by atoms with Crippen molar-refractivity contribution >= 4 is 17.5 Å². The molecule has 2 N–H and O–H groups in total. The molecule has 2 aromatic carbocycles. The SMILES string of the molecule is CNC(=O)c1ccc(NC(=O)COc2ccc(F)cc2F)cc1. The number of carbonyl (C=O) groups excluding carboxylic acids is 2. The Balaban J connectivity index is 1.90. The van der Waals surface area contributed by atoms with Gasteiger partial charge in [0.2, 0.25) is 0 Å². The average molecular weight is 320 g/mol. The lowest BCUT2D eigenvalue weighted by Crippen LogP contribution is -2.21. The minimum absolute atomic E-state index is 0.212. The third-order valence-electron chi connectivity index (χ3n) is 2.91. The van der Waals surface area contributed by atoms with Crippen molar-refractivity contribution < 1.29 is 23.1 Å². The highest BCUT2D eigenvalue weighted by atomic mass is 19.1. The quantitative estimate of drug-likeness (QED) is 0.888. The first-order valence-corrected chi connectivity index (χ1v) is 6.69. The topological polar surface area (TPSA) is 67.4 Å². The van der Waals surface area contributed by atoms with Crippen LogP contribution in [0.3, 0.4) is 0 Å². The van der Waals surface area contributed by atoms with E-state index in [-0.39, 0.29) is 11.7 Å². The number of nitrogens with one attached hydrogen (secondary N) is 2. The summed E-state index contributed by atoms with van der Waals surface area (Å²) in [5.41, 5.74) is 0.918. The van der Waals surface area contributed by atoms with Crippen molar-refractivity contribution in [1.82, 2.24) is 5.32 Å². The summed E-state index contributed by atoms with van der Waals surface area (Å²) in [7, 11) is 1.52. The zero-order valence-corrected chi connectivity index (χ0v) is 12.2. The molecule has 0 saturated carbocycles. The highest BCUT2D eigenvalue weighted by molar-refractivity contribution is 5.95. The lowest BCUT2D eigenvalue weighted by atomic mass is 10.2. The van der Waals surface area contributed by atoms with Crippen molar-refractivity contribution in [2.24, 2.45) is 0 Å². The van der Waals surface area contributed by atoms with Crippen LogP contribution in [0.4, 0.5) is 14.5 Å². The number of ether oxygens (including phenoxy) is 1. The second-order valence-corrected chi connectivity index (χ2v) is 4.57. The van der Waals surface area contributed by atoms with E-state index in [4.69, 9.17) is 4.74 Å². The third kappa shape index (κ3) is 4.50. The Bertz CT molecular complexity index is 718. The number of hydrogen-bond donors (Lipinski definition) is 2. The first-order chi connectivity index (χ1) is 11.0. The fourth-order valence-electron chi connectivity index (χ4n) is 1.78. The third-order valence-corrected chi connectivity index (χ3v) is 2.91. The molecule has 0 aliphatic rings. The maximum Gasteiger partial charge on any atom is 0.262 e. The van der Waals surface area contributed by atoms with Gasteiger partial charge in [-0.05, 0) is 36.4 Å². The number of carbonyl (C=O) groups is 2. The summed E-state index contributed by atoms with van der Waals surface area (Å²) in [6.07, 6.45) is 0. The summed E-state index contributed by atoms with van der Waals surface area (Å²) >= 11 is 0. The van der Waals surface area contributed by atoms with Crippen molar-refractivity contribution in [1.29, 1.82) is 0 Å². The number of anilines is 1. The van der Waals surface area contributed by atoms with Crippen molar-refractivity contribution in [3.63, 3.8) is 0 Å². The molecule has 7 heteroatoms. The minimum atomic E-state index is -0.882. The minimum Gasteiger partial charge on any atom is -0.481 e. The highest BCUT2D eigenvalue weighted by Gasteiger charge is 2.09. The van der Waals surface area contributed by atoms with Crippen LogP contribution in [-0.4, -0.2) is 25.5 Å². The van der Waals surface area contributed by atoms with Crippen LogP contribution in [0.25, 0.3) is 0 Å². The Labute approximate surface area is 131 Å². The van der Waals surface area contributed by atoms with Crippen LogP contribution in [0.15, 0.2) is 42.5 Å². The molecule has 0 saturated heterocycles. The van der Waals surface area contributed by atoms with Crippen LogP contribution < -0.4 is 15.4 Å². The van der Waals surface area contributed by atoms with Gasteiger partial charge in [0.15, 0.2) is 18.2 Å². The predicted octanol–water partition coefficient (Wildman–Crippen LogP) is 2.34. The molecule has 120 valence electrons. The van der Waals surface area contributed by atoms with E-state index in [1.54, 1.807) is 24.3 Å². The molecule has 2 rings (SSSR count). The van der Waals surface area contributed by atoms with Crippen molar-refractivity contribution in [2.45, 2.75) is 0 Å². The summed E-state index contributed by atoms with van der Waals surface area (Å²) in [4.78, 5) is 23.1. The molecule has 0 aromatic heterocycles. The van der Waals surface area contributed by atoms with Crippen LogP contribution in [0.5, 0.6) is 5.75 Å². The maximum atomic E-state index is 13.3. The van der Waals surface area contributed by atoms with E-state index < -0.39 is 24.1 Å². The van der Waals surface area contributed by atoms with Gasteiger partial charge in [-0.3, -0.25) is 9.59 Å². The molecule has 0 atom stereocenters. The maximum absolute atomic E-state index is 13.3. The van der Waals surface area contributed by atoms with Gasteiger partial charge in [0.25, 0.3) is 11.8 Å². The number of rotatable bonds is 5. The monoisotopic (exact) mass is 320 g/mol. The van der Waals surface area contributed by atoms with Gasteiger partial charge in [-0.2, -0.15) is 0 Å². The number of halogens is 2. The molecule has 0 fully saturated rings. The van der Waals surface area contributed by atoms with E-state index in [2.05, 4.69) is 10.6 Å². The van der Waals surface area contributed by atoms with E-state index in [9.17, 15) is 18.4 Å². The number of hydrogen-bond acceptors (Lipinski definition) is 3. The van der Waals surface area contributed by atoms with Gasteiger partial charge in [0, 0.05) is 24.4 Å². The van der Waals surface area contributed by atoms with Crippen LogP contribution >= 0.6 is 0 Å². The fraction of sp³-hybridized carbons (Fsp3) is 0.125. The Morgan fingerprint density at radius 2 is 1.78 bits per heavy atom. The first-order valence-electron chi connectivity index (χ1n) is 6.69. The first kappa shape index (κ1) is 16.4. The Hall–Kier alpha value is -2.96. The molecular weight excluding hydrogens is 306 g/mol. The lowest BCUT2D eigenvalue weighted by Gasteiger charge is -2.08. The summed E-state index contributed by atoms with van der Waals surface area (Å²) in [5.74, 6) is -2.57. The molecule has 23 heavy (non-hydrogen) atoms. The molecule has 5 nitrogen and oxygen atoms in total. The van der Waals surface area contributed by atoms with Crippen LogP contribution in [-0.2, 0) is 4.79 Å².